The Kier molecular flexibility index (Phi) is 4.98. The first-order valence-corrected chi connectivity index (χ1v) is 10.4. The monoisotopic (exact) mass is 371 g/mol. The third-order valence-electron chi connectivity index (χ3n) is 5.50. The Morgan fingerprint density at radius 3 is 2.88 bits per heavy atom. The molecule has 7 heteroatoms. The highest BCUT2D eigenvalue weighted by Crippen LogP contribution is 2.41. The minimum Gasteiger partial charge on any atom is -0.354 e. The van der Waals surface area contributed by atoms with Gasteiger partial charge >= 0.3 is 0 Å². The van der Waals surface area contributed by atoms with Gasteiger partial charge in [-0.25, -0.2) is 4.68 Å². The van der Waals surface area contributed by atoms with Crippen molar-refractivity contribution in [1.29, 1.82) is 0 Å². The largest absolute Gasteiger partial charge is 0.354 e. The Labute approximate surface area is 158 Å². The molecule has 2 aromatic rings. The lowest BCUT2D eigenvalue weighted by molar-refractivity contribution is -0.118. The van der Waals surface area contributed by atoms with Crippen LogP contribution in [0.25, 0.3) is 0 Å². The van der Waals surface area contributed by atoms with Crippen molar-refractivity contribution in [2.75, 3.05) is 12.3 Å². The first-order chi connectivity index (χ1) is 12.7. The zero-order valence-corrected chi connectivity index (χ0v) is 16.0. The zero-order valence-electron chi connectivity index (χ0n) is 15.1. The fourth-order valence-corrected chi connectivity index (χ4v) is 4.65. The van der Waals surface area contributed by atoms with Crippen molar-refractivity contribution in [3.63, 3.8) is 0 Å². The second-order valence-electron chi connectivity index (χ2n) is 7.56. The molecule has 6 nitrogen and oxygen atoms in total. The predicted octanol–water partition coefficient (Wildman–Crippen LogP) is 3.04. The Bertz CT molecular complexity index is 780. The van der Waals surface area contributed by atoms with Gasteiger partial charge in [0.05, 0.1) is 11.8 Å². The third-order valence-corrected chi connectivity index (χ3v) is 6.44. The summed E-state index contributed by atoms with van der Waals surface area (Å²) in [5, 5.41) is 15.7. The van der Waals surface area contributed by atoms with Crippen molar-refractivity contribution < 1.29 is 4.79 Å². The molecule has 4 rings (SSSR count). The van der Waals surface area contributed by atoms with Crippen LogP contribution in [0, 0.1) is 6.92 Å². The molecule has 0 aliphatic heterocycles. The SMILES string of the molecule is Cc1cccc(C2(CNC(=O)CSc3nnnn3C3CC3)CCCC2)c1. The molecule has 0 bridgehead atoms. The summed E-state index contributed by atoms with van der Waals surface area (Å²) < 4.78 is 1.85. The van der Waals surface area contributed by atoms with Crippen LogP contribution >= 0.6 is 11.8 Å². The fourth-order valence-electron chi connectivity index (χ4n) is 3.87. The van der Waals surface area contributed by atoms with Gasteiger partial charge in [-0.15, -0.1) is 5.10 Å². The molecule has 138 valence electrons. The van der Waals surface area contributed by atoms with Gasteiger partial charge in [0.2, 0.25) is 11.1 Å². The molecule has 26 heavy (non-hydrogen) atoms. The lowest BCUT2D eigenvalue weighted by Crippen LogP contribution is -2.39. The smallest absolute Gasteiger partial charge is 0.230 e. The first kappa shape index (κ1) is 17.5. The number of amides is 1. The summed E-state index contributed by atoms with van der Waals surface area (Å²) in [6, 6.07) is 9.17. The predicted molar refractivity (Wildman–Crippen MR) is 101 cm³/mol. The molecule has 1 aromatic heterocycles. The Morgan fingerprint density at radius 1 is 1.35 bits per heavy atom. The van der Waals surface area contributed by atoms with Crippen molar-refractivity contribution in [3.8, 4) is 0 Å². The molecule has 1 N–H and O–H groups in total. The van der Waals surface area contributed by atoms with E-state index in [1.807, 2.05) is 4.68 Å². The molecule has 0 atom stereocenters. The summed E-state index contributed by atoms with van der Waals surface area (Å²) in [5.41, 5.74) is 2.73. The van der Waals surface area contributed by atoms with Crippen LogP contribution in [0.4, 0.5) is 0 Å². The van der Waals surface area contributed by atoms with E-state index in [0.717, 1.165) is 30.8 Å². The number of aryl methyl sites for hydroxylation is 1. The maximum Gasteiger partial charge on any atom is 0.230 e. The molecule has 0 saturated heterocycles. The number of rotatable bonds is 7. The van der Waals surface area contributed by atoms with Crippen LogP contribution in [0.5, 0.6) is 0 Å². The molecular weight excluding hydrogens is 346 g/mol. The number of tetrazole rings is 1. The number of thioether (sulfide) groups is 1. The Morgan fingerprint density at radius 2 is 2.15 bits per heavy atom. The highest BCUT2D eigenvalue weighted by atomic mass is 32.2. The number of hydrogen-bond donors (Lipinski definition) is 1. The van der Waals surface area contributed by atoms with Crippen molar-refractivity contribution in [3.05, 3.63) is 35.4 Å². The van der Waals surface area contributed by atoms with Gasteiger partial charge in [-0.3, -0.25) is 4.79 Å². The van der Waals surface area contributed by atoms with Gasteiger partial charge in [0, 0.05) is 12.0 Å². The van der Waals surface area contributed by atoms with E-state index < -0.39 is 0 Å². The van der Waals surface area contributed by atoms with E-state index >= 15 is 0 Å². The number of nitrogens with zero attached hydrogens (tertiary/aromatic N) is 4. The third kappa shape index (κ3) is 3.77. The maximum atomic E-state index is 12.4. The number of carbonyl (C=O) groups is 1. The van der Waals surface area contributed by atoms with Crippen LogP contribution < -0.4 is 5.32 Å². The van der Waals surface area contributed by atoms with Gasteiger partial charge < -0.3 is 5.32 Å². The molecule has 2 aliphatic rings. The van der Waals surface area contributed by atoms with Crippen molar-refractivity contribution >= 4 is 17.7 Å². The minimum atomic E-state index is 0.0549. The van der Waals surface area contributed by atoms with Crippen LogP contribution in [-0.2, 0) is 10.2 Å². The van der Waals surface area contributed by atoms with Crippen molar-refractivity contribution in [2.45, 2.75) is 62.1 Å². The van der Waals surface area contributed by atoms with E-state index in [-0.39, 0.29) is 11.3 Å². The summed E-state index contributed by atoms with van der Waals surface area (Å²) in [5.74, 6) is 0.413. The molecule has 0 radical (unpaired) electrons. The Balaban J connectivity index is 1.35. The van der Waals surface area contributed by atoms with Crippen LogP contribution in [0.2, 0.25) is 0 Å². The van der Waals surface area contributed by atoms with E-state index in [0.29, 0.717) is 18.3 Å². The molecule has 0 spiro atoms. The topological polar surface area (TPSA) is 72.7 Å². The number of nitrogens with one attached hydrogen (secondary N) is 1. The van der Waals surface area contributed by atoms with Crippen LogP contribution in [0.15, 0.2) is 29.4 Å². The molecule has 1 heterocycles. The zero-order chi connectivity index (χ0) is 18.0. The highest BCUT2D eigenvalue weighted by molar-refractivity contribution is 7.99. The fraction of sp³-hybridized carbons (Fsp3) is 0.579. The van der Waals surface area contributed by atoms with E-state index in [1.54, 1.807) is 0 Å². The molecule has 2 fully saturated rings. The molecule has 1 amide bonds. The highest BCUT2D eigenvalue weighted by Gasteiger charge is 2.36. The lowest BCUT2D eigenvalue weighted by atomic mass is 9.78. The van der Waals surface area contributed by atoms with Crippen LogP contribution in [0.3, 0.4) is 0 Å². The summed E-state index contributed by atoms with van der Waals surface area (Å²) in [6.07, 6.45) is 7.00. The molecule has 1 aromatic carbocycles. The van der Waals surface area contributed by atoms with E-state index in [2.05, 4.69) is 52.0 Å². The van der Waals surface area contributed by atoms with Gasteiger partial charge in [-0.1, -0.05) is 54.4 Å². The van der Waals surface area contributed by atoms with Crippen molar-refractivity contribution in [2.24, 2.45) is 0 Å². The standard InChI is InChI=1S/C19H25N5OS/c1-14-5-4-6-15(11-14)19(9-2-3-10-19)13-20-17(25)12-26-18-21-22-23-24(18)16-7-8-16/h4-6,11,16H,2-3,7-10,12-13H2,1H3,(H,20,25). The lowest BCUT2D eigenvalue weighted by Gasteiger charge is -2.30. The summed E-state index contributed by atoms with van der Waals surface area (Å²) in [7, 11) is 0. The average Bonchev–Trinajstić information content (AvgIpc) is 3.19. The van der Waals surface area contributed by atoms with Gasteiger partial charge in [0.25, 0.3) is 0 Å². The number of carbonyl (C=O) groups excluding carboxylic acids is 1. The van der Waals surface area contributed by atoms with Gasteiger partial charge in [0.1, 0.15) is 0 Å². The average molecular weight is 372 g/mol. The number of hydrogen-bond acceptors (Lipinski definition) is 5. The van der Waals surface area contributed by atoms with Crippen LogP contribution in [0.1, 0.15) is 55.7 Å². The van der Waals surface area contributed by atoms with E-state index in [4.69, 9.17) is 0 Å². The maximum absolute atomic E-state index is 12.4. The summed E-state index contributed by atoms with van der Waals surface area (Å²) in [4.78, 5) is 12.4. The van der Waals surface area contributed by atoms with Crippen LogP contribution in [-0.4, -0.2) is 38.4 Å². The second-order valence-corrected chi connectivity index (χ2v) is 8.50. The minimum absolute atomic E-state index is 0.0549. The van der Waals surface area contributed by atoms with Gasteiger partial charge in [-0.2, -0.15) is 0 Å². The molecule has 2 saturated carbocycles. The van der Waals surface area contributed by atoms with Crippen molar-refractivity contribution in [1.82, 2.24) is 25.5 Å². The van der Waals surface area contributed by atoms with E-state index in [1.165, 1.54) is 35.7 Å². The second kappa shape index (κ2) is 7.39. The first-order valence-electron chi connectivity index (χ1n) is 9.41. The van der Waals surface area contributed by atoms with Gasteiger partial charge in [0.15, 0.2) is 0 Å². The summed E-state index contributed by atoms with van der Waals surface area (Å²) in [6.45, 7) is 2.84. The number of benzene rings is 1. The quantitative estimate of drug-likeness (QED) is 0.758. The van der Waals surface area contributed by atoms with Gasteiger partial charge in [-0.05, 0) is 48.6 Å². The molecule has 2 aliphatic carbocycles. The molecule has 0 unspecified atom stereocenters. The number of aromatic nitrogens is 4. The molecular formula is C19H25N5OS. The Hall–Kier alpha value is -1.89. The van der Waals surface area contributed by atoms with E-state index in [9.17, 15) is 4.79 Å². The normalized spacial score (nSPS) is 18.8. The summed E-state index contributed by atoms with van der Waals surface area (Å²) >= 11 is 1.42.